The first kappa shape index (κ1) is 16.9. The number of nitrogens with zero attached hydrogens (tertiary/aromatic N) is 2. The zero-order valence-electron chi connectivity index (χ0n) is 16.2. The summed E-state index contributed by atoms with van der Waals surface area (Å²) in [6.45, 7) is 4.14. The molecule has 0 saturated heterocycles. The van der Waals surface area contributed by atoms with Gasteiger partial charge in [0, 0.05) is 22.2 Å². The van der Waals surface area contributed by atoms with E-state index >= 15 is 0 Å². The minimum Gasteiger partial charge on any atom is -0.251 e. The zero-order chi connectivity index (χ0) is 19.1. The first-order valence-electron chi connectivity index (χ1n) is 9.85. The van der Waals surface area contributed by atoms with E-state index in [-0.39, 0.29) is 0 Å². The zero-order valence-corrected chi connectivity index (χ0v) is 16.2. The van der Waals surface area contributed by atoms with Gasteiger partial charge < -0.3 is 0 Å². The average Bonchev–Trinajstić information content (AvgIpc) is 2.74. The lowest BCUT2D eigenvalue weighted by Crippen LogP contribution is -1.96. The summed E-state index contributed by atoms with van der Waals surface area (Å²) < 4.78 is 0. The van der Waals surface area contributed by atoms with E-state index in [2.05, 4.69) is 86.7 Å². The van der Waals surface area contributed by atoms with Crippen molar-refractivity contribution in [2.45, 2.75) is 26.7 Å². The summed E-state index contributed by atoms with van der Waals surface area (Å²) in [6.07, 6.45) is 9.04. The topological polar surface area (TPSA) is 25.8 Å². The molecule has 0 atom stereocenters. The highest BCUT2D eigenvalue weighted by atomic mass is 14.8. The molecule has 2 nitrogen and oxygen atoms in total. The van der Waals surface area contributed by atoms with E-state index < -0.39 is 0 Å². The fourth-order valence-electron chi connectivity index (χ4n) is 4.14. The third kappa shape index (κ3) is 2.82. The van der Waals surface area contributed by atoms with Gasteiger partial charge in [0.05, 0.1) is 11.0 Å². The minimum atomic E-state index is 0.988. The highest BCUT2D eigenvalue weighted by Gasteiger charge is 2.14. The molecular weight excluding hydrogens is 340 g/mol. The Labute approximate surface area is 165 Å². The Hall–Kier alpha value is -3.26. The Kier molecular flexibility index (Phi) is 4.05. The molecule has 4 aromatic rings. The van der Waals surface area contributed by atoms with Crippen molar-refractivity contribution in [1.82, 2.24) is 9.97 Å². The maximum absolute atomic E-state index is 4.92. The molecule has 0 aliphatic heterocycles. The third-order valence-corrected chi connectivity index (χ3v) is 5.41. The number of hydrogen-bond acceptors (Lipinski definition) is 2. The summed E-state index contributed by atoms with van der Waals surface area (Å²) in [4.78, 5) is 9.84. The highest BCUT2D eigenvalue weighted by Crippen LogP contribution is 2.35. The van der Waals surface area contributed by atoms with Gasteiger partial charge in [-0.2, -0.15) is 0 Å². The lowest BCUT2D eigenvalue weighted by molar-refractivity contribution is 1.04. The SMILES string of the molecule is Cc1cc(C2=CCCC=C2)c2ccc3c(-c4ccccc4)cc(C)nc3c2n1. The normalized spacial score (nSPS) is 13.9. The molecule has 0 radical (unpaired) electrons. The van der Waals surface area contributed by atoms with Crippen molar-refractivity contribution >= 4 is 27.4 Å². The smallest absolute Gasteiger partial charge is 0.0974 e. The van der Waals surface area contributed by atoms with Crippen LogP contribution >= 0.6 is 0 Å². The molecule has 2 heteroatoms. The summed E-state index contributed by atoms with van der Waals surface area (Å²) in [5, 5.41) is 2.33. The van der Waals surface area contributed by atoms with Crippen LogP contribution in [-0.2, 0) is 0 Å². The summed E-state index contributed by atoms with van der Waals surface area (Å²) in [7, 11) is 0. The van der Waals surface area contributed by atoms with Gasteiger partial charge in [-0.3, -0.25) is 9.97 Å². The van der Waals surface area contributed by atoms with Crippen molar-refractivity contribution in [3.63, 3.8) is 0 Å². The van der Waals surface area contributed by atoms with Crippen LogP contribution in [0, 0.1) is 13.8 Å². The molecule has 1 aliphatic rings. The van der Waals surface area contributed by atoms with E-state index in [4.69, 9.17) is 9.97 Å². The molecule has 0 N–H and O–H groups in total. The van der Waals surface area contributed by atoms with Gasteiger partial charge in [-0.05, 0) is 61.1 Å². The molecule has 28 heavy (non-hydrogen) atoms. The lowest BCUT2D eigenvalue weighted by Gasteiger charge is -2.15. The van der Waals surface area contributed by atoms with E-state index in [0.717, 1.165) is 40.6 Å². The van der Waals surface area contributed by atoms with Crippen molar-refractivity contribution in [2.24, 2.45) is 0 Å². The summed E-state index contributed by atoms with van der Waals surface area (Å²) in [5.41, 5.74) is 8.99. The summed E-state index contributed by atoms with van der Waals surface area (Å²) in [6, 6.07) is 19.3. The molecule has 2 heterocycles. The Morgan fingerprint density at radius 1 is 0.714 bits per heavy atom. The Balaban J connectivity index is 1.86. The van der Waals surface area contributed by atoms with Crippen LogP contribution in [0.2, 0.25) is 0 Å². The van der Waals surface area contributed by atoms with Crippen LogP contribution in [0.1, 0.15) is 29.8 Å². The number of pyridine rings is 2. The molecule has 1 aliphatic carbocycles. The number of rotatable bonds is 2. The molecule has 2 aromatic heterocycles. The maximum atomic E-state index is 4.92. The highest BCUT2D eigenvalue weighted by molar-refractivity contribution is 6.11. The molecule has 0 fully saturated rings. The van der Waals surface area contributed by atoms with Crippen molar-refractivity contribution in [3.05, 3.63) is 89.8 Å². The fourth-order valence-corrected chi connectivity index (χ4v) is 4.14. The summed E-state index contributed by atoms with van der Waals surface area (Å²) in [5.74, 6) is 0. The van der Waals surface area contributed by atoms with E-state index in [1.54, 1.807) is 0 Å². The first-order chi connectivity index (χ1) is 13.7. The number of hydrogen-bond donors (Lipinski definition) is 0. The van der Waals surface area contributed by atoms with Crippen LogP contribution in [0.3, 0.4) is 0 Å². The molecule has 0 amide bonds. The monoisotopic (exact) mass is 362 g/mol. The molecule has 136 valence electrons. The van der Waals surface area contributed by atoms with Gasteiger partial charge >= 0.3 is 0 Å². The Bertz CT molecular complexity index is 1260. The quantitative estimate of drug-likeness (QED) is 0.366. The van der Waals surface area contributed by atoms with Gasteiger partial charge in [0.15, 0.2) is 0 Å². The van der Waals surface area contributed by atoms with Crippen LogP contribution in [-0.4, -0.2) is 9.97 Å². The van der Waals surface area contributed by atoms with E-state index in [0.29, 0.717) is 0 Å². The van der Waals surface area contributed by atoms with Crippen LogP contribution in [0.4, 0.5) is 0 Å². The minimum absolute atomic E-state index is 0.988. The van der Waals surface area contributed by atoms with Gasteiger partial charge in [-0.1, -0.05) is 60.7 Å². The summed E-state index contributed by atoms with van der Waals surface area (Å²) >= 11 is 0. The molecule has 0 unspecified atom stereocenters. The molecule has 0 spiro atoms. The number of aromatic nitrogens is 2. The second-order valence-electron chi connectivity index (χ2n) is 7.49. The molecule has 2 aromatic carbocycles. The average molecular weight is 362 g/mol. The second-order valence-corrected chi connectivity index (χ2v) is 7.49. The fraction of sp³-hybridized carbons (Fsp3) is 0.154. The number of fused-ring (bicyclic) bond motifs is 3. The van der Waals surface area contributed by atoms with Gasteiger partial charge in [0.2, 0.25) is 0 Å². The van der Waals surface area contributed by atoms with Crippen molar-refractivity contribution in [1.29, 1.82) is 0 Å². The van der Waals surface area contributed by atoms with Crippen LogP contribution < -0.4 is 0 Å². The Morgan fingerprint density at radius 3 is 2.00 bits per heavy atom. The maximum Gasteiger partial charge on any atom is 0.0974 e. The van der Waals surface area contributed by atoms with E-state index in [1.165, 1.54) is 27.6 Å². The molecule has 0 saturated carbocycles. The Morgan fingerprint density at radius 2 is 1.36 bits per heavy atom. The molecular formula is C26H22N2. The predicted octanol–water partition coefficient (Wildman–Crippen LogP) is 6.80. The van der Waals surface area contributed by atoms with Crippen LogP contribution in [0.25, 0.3) is 38.5 Å². The number of aryl methyl sites for hydroxylation is 2. The largest absolute Gasteiger partial charge is 0.251 e. The van der Waals surface area contributed by atoms with E-state index in [9.17, 15) is 0 Å². The number of allylic oxidation sites excluding steroid dienone is 4. The van der Waals surface area contributed by atoms with E-state index in [1.807, 2.05) is 0 Å². The van der Waals surface area contributed by atoms with Crippen molar-refractivity contribution < 1.29 is 0 Å². The van der Waals surface area contributed by atoms with Crippen LogP contribution in [0.5, 0.6) is 0 Å². The molecule has 0 bridgehead atoms. The lowest BCUT2D eigenvalue weighted by atomic mass is 9.93. The van der Waals surface area contributed by atoms with Crippen molar-refractivity contribution in [2.75, 3.05) is 0 Å². The third-order valence-electron chi connectivity index (χ3n) is 5.41. The first-order valence-corrected chi connectivity index (χ1v) is 9.85. The van der Waals surface area contributed by atoms with Gasteiger partial charge in [0.25, 0.3) is 0 Å². The number of benzene rings is 2. The second kappa shape index (κ2) is 6.72. The van der Waals surface area contributed by atoms with Gasteiger partial charge in [-0.25, -0.2) is 0 Å². The van der Waals surface area contributed by atoms with Gasteiger partial charge in [0.1, 0.15) is 0 Å². The van der Waals surface area contributed by atoms with Crippen molar-refractivity contribution in [3.8, 4) is 11.1 Å². The van der Waals surface area contributed by atoms with Gasteiger partial charge in [-0.15, -0.1) is 0 Å². The predicted molar refractivity (Wildman–Crippen MR) is 118 cm³/mol. The molecule has 5 rings (SSSR count). The van der Waals surface area contributed by atoms with Crippen LogP contribution in [0.15, 0.2) is 72.8 Å². The standard InChI is InChI=1S/C26H22N2/c1-17-15-23(19-9-5-3-6-10-19)21-13-14-22-24(20-11-7-4-8-12-20)16-18(2)28-26(22)25(21)27-17/h3,5-7,9-16H,4,8H2,1-2H3.